The van der Waals surface area contributed by atoms with Crippen molar-refractivity contribution in [2.75, 3.05) is 18.5 Å². The van der Waals surface area contributed by atoms with E-state index in [0.717, 1.165) is 13.0 Å². The summed E-state index contributed by atoms with van der Waals surface area (Å²) in [6.07, 6.45) is 1.01. The maximum Gasteiger partial charge on any atom is 0.334 e. The van der Waals surface area contributed by atoms with Gasteiger partial charge >= 0.3 is 5.69 Å². The maximum absolute atomic E-state index is 12.2. The highest BCUT2D eigenvalue weighted by molar-refractivity contribution is 6.30. The first-order valence-corrected chi connectivity index (χ1v) is 7.58. The Hall–Kier alpha value is -2.05. The second kappa shape index (κ2) is 5.98. The van der Waals surface area contributed by atoms with Crippen LogP contribution in [0.25, 0.3) is 5.69 Å². The molecule has 0 aliphatic carbocycles. The van der Waals surface area contributed by atoms with E-state index in [-0.39, 0.29) is 5.56 Å². The molecule has 0 saturated heterocycles. The van der Waals surface area contributed by atoms with Gasteiger partial charge in [0.2, 0.25) is 0 Å². The maximum atomic E-state index is 12.2. The van der Waals surface area contributed by atoms with Crippen molar-refractivity contribution in [3.63, 3.8) is 0 Å². The van der Waals surface area contributed by atoms with Gasteiger partial charge in [-0.3, -0.25) is 14.7 Å². The van der Waals surface area contributed by atoms with Gasteiger partial charge in [-0.25, -0.2) is 9.36 Å². The zero-order valence-corrected chi connectivity index (χ0v) is 13.0. The van der Waals surface area contributed by atoms with Crippen molar-refractivity contribution >= 4 is 17.4 Å². The number of halogens is 1. The number of aromatic nitrogens is 2. The molecule has 3 rings (SSSR count). The van der Waals surface area contributed by atoms with Crippen LogP contribution in [0.3, 0.4) is 0 Å². The van der Waals surface area contributed by atoms with Gasteiger partial charge < -0.3 is 5.32 Å². The average molecular weight is 321 g/mol. The first-order valence-electron chi connectivity index (χ1n) is 7.20. The van der Waals surface area contributed by atoms with E-state index >= 15 is 0 Å². The molecule has 0 fully saturated rings. The van der Waals surface area contributed by atoms with Crippen LogP contribution >= 0.6 is 11.6 Å². The molecule has 1 aliphatic rings. The van der Waals surface area contributed by atoms with Crippen LogP contribution in [-0.4, -0.2) is 27.7 Å². The van der Waals surface area contributed by atoms with Crippen LogP contribution in [-0.2, 0) is 6.54 Å². The van der Waals surface area contributed by atoms with Crippen molar-refractivity contribution in [3.8, 4) is 5.69 Å². The summed E-state index contributed by atoms with van der Waals surface area (Å²) in [6, 6.07) is 6.94. The zero-order chi connectivity index (χ0) is 15.7. The fourth-order valence-corrected chi connectivity index (χ4v) is 2.81. The monoisotopic (exact) mass is 320 g/mol. The minimum absolute atomic E-state index is 0.335. The summed E-state index contributed by atoms with van der Waals surface area (Å²) in [5.74, 6) is 0.559. The van der Waals surface area contributed by atoms with Gasteiger partial charge in [0.15, 0.2) is 0 Å². The molecule has 1 aromatic heterocycles. The number of rotatable bonds is 3. The molecule has 6 nitrogen and oxygen atoms in total. The van der Waals surface area contributed by atoms with E-state index in [9.17, 15) is 9.59 Å². The Balaban J connectivity index is 2.13. The van der Waals surface area contributed by atoms with E-state index in [0.29, 0.717) is 35.3 Å². The molecule has 22 heavy (non-hydrogen) atoms. The normalized spacial score (nSPS) is 14.5. The largest absolute Gasteiger partial charge is 0.358 e. The zero-order valence-electron chi connectivity index (χ0n) is 12.2. The Morgan fingerprint density at radius 1 is 1.23 bits per heavy atom. The number of hydrogen-bond donors (Lipinski definition) is 2. The van der Waals surface area contributed by atoms with E-state index in [1.165, 1.54) is 4.57 Å². The Morgan fingerprint density at radius 3 is 2.64 bits per heavy atom. The highest BCUT2D eigenvalue weighted by Crippen LogP contribution is 2.21. The molecule has 0 atom stereocenters. The number of fused-ring (bicyclic) bond motifs is 1. The van der Waals surface area contributed by atoms with Gasteiger partial charge in [0.25, 0.3) is 5.56 Å². The molecule has 0 spiro atoms. The molecule has 116 valence electrons. The number of hydrogen-bond acceptors (Lipinski definition) is 4. The van der Waals surface area contributed by atoms with Crippen molar-refractivity contribution in [2.45, 2.75) is 19.9 Å². The Morgan fingerprint density at radius 2 is 1.95 bits per heavy atom. The molecular formula is C15H17ClN4O2. The molecule has 2 N–H and O–H groups in total. The van der Waals surface area contributed by atoms with Gasteiger partial charge in [0.05, 0.1) is 17.9 Å². The van der Waals surface area contributed by atoms with Crippen LogP contribution in [0, 0.1) is 0 Å². The highest BCUT2D eigenvalue weighted by Gasteiger charge is 2.22. The van der Waals surface area contributed by atoms with Crippen molar-refractivity contribution in [1.82, 2.24) is 14.5 Å². The molecule has 2 heterocycles. The fourth-order valence-electron chi connectivity index (χ4n) is 2.68. The summed E-state index contributed by atoms with van der Waals surface area (Å²) < 4.78 is 1.48. The number of aromatic amines is 1. The number of nitrogens with zero attached hydrogens (tertiary/aromatic N) is 2. The van der Waals surface area contributed by atoms with Gasteiger partial charge in [0, 0.05) is 11.6 Å². The SMILES string of the molecule is CCCN1CNc2c(c(=O)[nH]c(=O)n2-c2ccc(Cl)cc2)C1. The summed E-state index contributed by atoms with van der Waals surface area (Å²) in [5, 5.41) is 3.79. The summed E-state index contributed by atoms with van der Waals surface area (Å²) in [7, 11) is 0. The smallest absolute Gasteiger partial charge is 0.334 e. The molecule has 0 radical (unpaired) electrons. The van der Waals surface area contributed by atoms with Gasteiger partial charge in [-0.15, -0.1) is 0 Å². The number of anilines is 1. The van der Waals surface area contributed by atoms with E-state index < -0.39 is 5.69 Å². The summed E-state index contributed by atoms with van der Waals surface area (Å²) >= 11 is 5.89. The molecule has 0 amide bonds. The number of benzene rings is 1. The molecule has 7 heteroatoms. The van der Waals surface area contributed by atoms with Crippen LogP contribution in [0.15, 0.2) is 33.9 Å². The fraction of sp³-hybridized carbons (Fsp3) is 0.333. The second-order valence-electron chi connectivity index (χ2n) is 5.29. The molecular weight excluding hydrogens is 304 g/mol. The van der Waals surface area contributed by atoms with Crippen LogP contribution in [0.1, 0.15) is 18.9 Å². The van der Waals surface area contributed by atoms with Gasteiger partial charge in [-0.05, 0) is 37.2 Å². The van der Waals surface area contributed by atoms with Gasteiger partial charge in [-0.1, -0.05) is 18.5 Å². The van der Waals surface area contributed by atoms with Crippen LogP contribution in [0.4, 0.5) is 5.82 Å². The summed E-state index contributed by atoms with van der Waals surface area (Å²) in [4.78, 5) is 28.9. The molecule has 0 bridgehead atoms. The lowest BCUT2D eigenvalue weighted by Gasteiger charge is -2.30. The number of nitrogens with one attached hydrogen (secondary N) is 2. The third-order valence-corrected chi connectivity index (χ3v) is 3.94. The minimum atomic E-state index is -0.456. The van der Waals surface area contributed by atoms with Crippen molar-refractivity contribution in [3.05, 3.63) is 55.7 Å². The topological polar surface area (TPSA) is 70.1 Å². The first kappa shape index (κ1) is 14.9. The lowest BCUT2D eigenvalue weighted by Crippen LogP contribution is -2.43. The molecule has 1 aromatic carbocycles. The average Bonchev–Trinajstić information content (AvgIpc) is 2.50. The Labute approximate surface area is 132 Å². The van der Waals surface area contributed by atoms with Crippen molar-refractivity contribution < 1.29 is 0 Å². The third kappa shape index (κ3) is 2.67. The Bertz CT molecular complexity index is 795. The molecule has 2 aromatic rings. The van der Waals surface area contributed by atoms with Crippen LogP contribution < -0.4 is 16.6 Å². The predicted octanol–water partition coefficient (Wildman–Crippen LogP) is 1.77. The predicted molar refractivity (Wildman–Crippen MR) is 86.9 cm³/mol. The third-order valence-electron chi connectivity index (χ3n) is 3.68. The lowest BCUT2D eigenvalue weighted by molar-refractivity contribution is 0.273. The van der Waals surface area contributed by atoms with E-state index in [2.05, 4.69) is 22.1 Å². The standard InChI is InChI=1S/C15H17ClN4O2/c1-2-7-19-8-12-13(17-9-19)20(15(22)18-14(12)21)11-5-3-10(16)4-6-11/h3-6,17H,2,7-9H2,1H3,(H,18,21,22). The van der Waals surface area contributed by atoms with Crippen LogP contribution in [0.2, 0.25) is 5.02 Å². The lowest BCUT2D eigenvalue weighted by atomic mass is 10.2. The quantitative estimate of drug-likeness (QED) is 0.904. The molecule has 0 saturated carbocycles. The van der Waals surface area contributed by atoms with Gasteiger partial charge in [0.1, 0.15) is 5.82 Å². The van der Waals surface area contributed by atoms with E-state index in [1.807, 2.05) is 0 Å². The second-order valence-corrected chi connectivity index (χ2v) is 5.72. The summed E-state index contributed by atoms with van der Waals surface area (Å²) in [6.45, 7) is 4.12. The van der Waals surface area contributed by atoms with E-state index in [1.54, 1.807) is 24.3 Å². The van der Waals surface area contributed by atoms with E-state index in [4.69, 9.17) is 11.6 Å². The van der Waals surface area contributed by atoms with Crippen LogP contribution in [0.5, 0.6) is 0 Å². The molecule has 1 aliphatic heterocycles. The summed E-state index contributed by atoms with van der Waals surface area (Å²) in [5.41, 5.74) is 0.452. The highest BCUT2D eigenvalue weighted by atomic mass is 35.5. The first-order chi connectivity index (χ1) is 10.6. The van der Waals surface area contributed by atoms with Crippen molar-refractivity contribution in [1.29, 1.82) is 0 Å². The van der Waals surface area contributed by atoms with Gasteiger partial charge in [-0.2, -0.15) is 0 Å². The Kier molecular flexibility index (Phi) is 4.04. The van der Waals surface area contributed by atoms with Crippen molar-refractivity contribution in [2.24, 2.45) is 0 Å². The molecule has 0 unspecified atom stereocenters. The minimum Gasteiger partial charge on any atom is -0.358 e. The number of H-pyrrole nitrogens is 1.